The Bertz CT molecular complexity index is 580. The molecular weight excluding hydrogens is 265 g/mol. The molecule has 20 heavy (non-hydrogen) atoms. The van der Waals surface area contributed by atoms with Crippen molar-refractivity contribution in [1.29, 1.82) is 0 Å². The predicted octanol–water partition coefficient (Wildman–Crippen LogP) is 3.69. The highest BCUT2D eigenvalue weighted by Crippen LogP contribution is 2.29. The van der Waals surface area contributed by atoms with Gasteiger partial charge in [0.25, 0.3) is 0 Å². The van der Waals surface area contributed by atoms with Crippen molar-refractivity contribution >= 4 is 6.21 Å². The minimum atomic E-state index is -1.48. The number of hydrogen-bond acceptors (Lipinski definition) is 2. The van der Waals surface area contributed by atoms with Crippen molar-refractivity contribution in [2.45, 2.75) is 19.3 Å². The molecule has 2 nitrogen and oxygen atoms in total. The van der Waals surface area contributed by atoms with E-state index in [0.717, 1.165) is 42.7 Å². The molecule has 106 valence electrons. The number of rotatable bonds is 4. The van der Waals surface area contributed by atoms with Crippen molar-refractivity contribution in [3.63, 3.8) is 0 Å². The number of allylic oxidation sites excluding steroid dienone is 2. The SMILES string of the molecule is C=C(N=Cc1cc(F)c(F)c(F)c1)C1=C(NC)CCC1. The Balaban J connectivity index is 2.20. The zero-order valence-corrected chi connectivity index (χ0v) is 11.1. The van der Waals surface area contributed by atoms with Crippen LogP contribution in [0.3, 0.4) is 0 Å². The number of hydrogen-bond donors (Lipinski definition) is 1. The lowest BCUT2D eigenvalue weighted by Crippen LogP contribution is -2.05. The van der Waals surface area contributed by atoms with Crippen LogP contribution >= 0.6 is 0 Å². The van der Waals surface area contributed by atoms with Gasteiger partial charge in [0.15, 0.2) is 17.5 Å². The molecule has 1 aromatic rings. The number of nitrogens with zero attached hydrogens (tertiary/aromatic N) is 1. The molecule has 0 saturated heterocycles. The van der Waals surface area contributed by atoms with E-state index in [-0.39, 0.29) is 5.56 Å². The lowest BCUT2D eigenvalue weighted by atomic mass is 10.1. The molecule has 0 aromatic heterocycles. The lowest BCUT2D eigenvalue weighted by Gasteiger charge is -2.06. The fraction of sp³-hybridized carbons (Fsp3) is 0.267. The highest BCUT2D eigenvalue weighted by Gasteiger charge is 2.15. The molecule has 0 saturated carbocycles. The molecule has 1 aromatic carbocycles. The molecule has 0 fully saturated rings. The van der Waals surface area contributed by atoms with E-state index in [1.54, 1.807) is 0 Å². The molecule has 0 aliphatic heterocycles. The van der Waals surface area contributed by atoms with Gasteiger partial charge >= 0.3 is 0 Å². The Labute approximate surface area is 115 Å². The molecule has 2 rings (SSSR count). The summed E-state index contributed by atoms with van der Waals surface area (Å²) in [5.41, 5.74) is 2.82. The Morgan fingerprint density at radius 2 is 1.90 bits per heavy atom. The molecule has 0 heterocycles. The second-order valence-electron chi connectivity index (χ2n) is 4.56. The quantitative estimate of drug-likeness (QED) is 0.660. The summed E-state index contributed by atoms with van der Waals surface area (Å²) in [6, 6.07) is 1.80. The Kier molecular flexibility index (Phi) is 4.27. The van der Waals surface area contributed by atoms with Crippen LogP contribution in [0.2, 0.25) is 0 Å². The molecule has 0 atom stereocenters. The topological polar surface area (TPSA) is 24.4 Å². The summed E-state index contributed by atoms with van der Waals surface area (Å²) in [5, 5.41) is 3.09. The van der Waals surface area contributed by atoms with Gasteiger partial charge in [-0.2, -0.15) is 0 Å². The van der Waals surface area contributed by atoms with Crippen LogP contribution in [0, 0.1) is 17.5 Å². The van der Waals surface area contributed by atoms with Crippen molar-refractivity contribution in [2.75, 3.05) is 7.05 Å². The van der Waals surface area contributed by atoms with Crippen LogP contribution in [-0.4, -0.2) is 13.3 Å². The van der Waals surface area contributed by atoms with Gasteiger partial charge in [0.1, 0.15) is 0 Å². The Morgan fingerprint density at radius 3 is 2.50 bits per heavy atom. The van der Waals surface area contributed by atoms with Gasteiger partial charge in [0, 0.05) is 19.0 Å². The molecule has 0 unspecified atom stereocenters. The summed E-state index contributed by atoms with van der Waals surface area (Å²) in [4.78, 5) is 4.11. The number of aliphatic imine (C=N–C) groups is 1. The molecule has 0 spiro atoms. The van der Waals surface area contributed by atoms with Gasteiger partial charge in [0.05, 0.1) is 5.70 Å². The molecule has 0 amide bonds. The van der Waals surface area contributed by atoms with Gasteiger partial charge < -0.3 is 5.32 Å². The van der Waals surface area contributed by atoms with Crippen molar-refractivity contribution in [2.24, 2.45) is 4.99 Å². The first-order valence-corrected chi connectivity index (χ1v) is 6.30. The van der Waals surface area contributed by atoms with E-state index in [1.807, 2.05) is 7.05 Å². The van der Waals surface area contributed by atoms with Crippen LogP contribution in [0.4, 0.5) is 13.2 Å². The van der Waals surface area contributed by atoms with Crippen molar-refractivity contribution in [3.05, 3.63) is 58.7 Å². The normalized spacial score (nSPS) is 15.2. The van der Waals surface area contributed by atoms with Gasteiger partial charge in [-0.05, 0) is 42.5 Å². The number of halogens is 3. The predicted molar refractivity (Wildman–Crippen MR) is 73.0 cm³/mol. The van der Waals surface area contributed by atoms with Gasteiger partial charge in [-0.25, -0.2) is 13.2 Å². The number of nitrogens with one attached hydrogen (secondary N) is 1. The zero-order chi connectivity index (χ0) is 14.7. The van der Waals surface area contributed by atoms with Gasteiger partial charge in [0.2, 0.25) is 0 Å². The van der Waals surface area contributed by atoms with E-state index in [2.05, 4.69) is 16.9 Å². The highest BCUT2D eigenvalue weighted by atomic mass is 19.2. The lowest BCUT2D eigenvalue weighted by molar-refractivity contribution is 0.447. The summed E-state index contributed by atoms with van der Waals surface area (Å²) in [6.45, 7) is 3.86. The van der Waals surface area contributed by atoms with E-state index in [9.17, 15) is 13.2 Å². The fourth-order valence-electron chi connectivity index (χ4n) is 2.22. The van der Waals surface area contributed by atoms with Crippen LogP contribution in [0.25, 0.3) is 0 Å². The first-order chi connectivity index (χ1) is 9.52. The van der Waals surface area contributed by atoms with Crippen molar-refractivity contribution in [3.8, 4) is 0 Å². The summed E-state index contributed by atoms with van der Waals surface area (Å²) in [6.07, 6.45) is 4.13. The first kappa shape index (κ1) is 14.4. The first-order valence-electron chi connectivity index (χ1n) is 6.30. The third-order valence-electron chi connectivity index (χ3n) is 3.24. The zero-order valence-electron chi connectivity index (χ0n) is 11.1. The number of benzene rings is 1. The highest BCUT2D eigenvalue weighted by molar-refractivity contribution is 5.80. The standard InChI is InChI=1S/C15H15F3N2/c1-9(11-4-3-5-14(11)19-2)20-8-10-6-12(16)15(18)13(17)7-10/h6-8,19H,1,3-5H2,2H3. The molecule has 1 N–H and O–H groups in total. The third-order valence-corrected chi connectivity index (χ3v) is 3.24. The molecule has 1 aliphatic rings. The maximum atomic E-state index is 13.1. The van der Waals surface area contributed by atoms with Crippen molar-refractivity contribution < 1.29 is 13.2 Å². The molecular formula is C15H15F3N2. The van der Waals surface area contributed by atoms with Gasteiger partial charge in [-0.3, -0.25) is 4.99 Å². The maximum Gasteiger partial charge on any atom is 0.194 e. The smallest absolute Gasteiger partial charge is 0.194 e. The maximum absolute atomic E-state index is 13.1. The molecule has 1 aliphatic carbocycles. The van der Waals surface area contributed by atoms with Crippen LogP contribution in [0.1, 0.15) is 24.8 Å². The van der Waals surface area contributed by atoms with E-state index >= 15 is 0 Å². The van der Waals surface area contributed by atoms with Crippen LogP contribution < -0.4 is 5.32 Å². The van der Waals surface area contributed by atoms with E-state index in [0.29, 0.717) is 5.70 Å². The van der Waals surface area contributed by atoms with Crippen LogP contribution in [-0.2, 0) is 0 Å². The summed E-state index contributed by atoms with van der Waals surface area (Å²) >= 11 is 0. The Morgan fingerprint density at radius 1 is 1.25 bits per heavy atom. The summed E-state index contributed by atoms with van der Waals surface area (Å²) in [5.74, 6) is -3.93. The second-order valence-corrected chi connectivity index (χ2v) is 4.56. The van der Waals surface area contributed by atoms with E-state index in [4.69, 9.17) is 0 Å². The minimum Gasteiger partial charge on any atom is -0.391 e. The monoisotopic (exact) mass is 280 g/mol. The molecule has 0 bridgehead atoms. The fourth-order valence-corrected chi connectivity index (χ4v) is 2.22. The van der Waals surface area contributed by atoms with E-state index < -0.39 is 17.5 Å². The van der Waals surface area contributed by atoms with Crippen LogP contribution in [0.15, 0.2) is 40.7 Å². The van der Waals surface area contributed by atoms with E-state index in [1.165, 1.54) is 6.21 Å². The average Bonchev–Trinajstić information content (AvgIpc) is 2.90. The third kappa shape index (κ3) is 2.92. The summed E-state index contributed by atoms with van der Waals surface area (Å²) < 4.78 is 39.0. The molecule has 0 radical (unpaired) electrons. The van der Waals surface area contributed by atoms with Gasteiger partial charge in [-0.15, -0.1) is 0 Å². The average molecular weight is 280 g/mol. The minimum absolute atomic E-state index is 0.159. The summed E-state index contributed by atoms with van der Waals surface area (Å²) in [7, 11) is 1.84. The second kappa shape index (κ2) is 5.94. The Hall–Kier alpha value is -2.04. The van der Waals surface area contributed by atoms with Crippen molar-refractivity contribution in [1.82, 2.24) is 5.32 Å². The molecule has 5 heteroatoms. The van der Waals surface area contributed by atoms with Crippen LogP contribution in [0.5, 0.6) is 0 Å². The largest absolute Gasteiger partial charge is 0.391 e. The van der Waals surface area contributed by atoms with Gasteiger partial charge in [-0.1, -0.05) is 6.58 Å².